The van der Waals surface area contributed by atoms with Gasteiger partial charge in [0.05, 0.1) is 11.5 Å². The summed E-state index contributed by atoms with van der Waals surface area (Å²) in [5.41, 5.74) is 1.84. The third-order valence-electron chi connectivity index (χ3n) is 3.55. The average molecular weight is 435 g/mol. The topological polar surface area (TPSA) is 101 Å². The lowest BCUT2D eigenvalue weighted by atomic mass is 10.1. The predicted octanol–water partition coefficient (Wildman–Crippen LogP) is 4.02. The number of ketones is 1. The van der Waals surface area contributed by atoms with Crippen molar-refractivity contribution in [1.82, 2.24) is 10.2 Å². The molecule has 0 aliphatic carbocycles. The zero-order valence-electron chi connectivity index (χ0n) is 15.1. The lowest BCUT2D eigenvalue weighted by Crippen LogP contribution is -2.14. The molecule has 3 aromatic rings. The van der Waals surface area contributed by atoms with Crippen LogP contribution in [0.1, 0.15) is 17.3 Å². The van der Waals surface area contributed by atoms with Gasteiger partial charge >= 0.3 is 0 Å². The van der Waals surface area contributed by atoms with E-state index < -0.39 is 10.0 Å². The highest BCUT2D eigenvalue weighted by Crippen LogP contribution is 2.31. The van der Waals surface area contributed by atoms with Crippen molar-refractivity contribution >= 4 is 55.4 Å². The van der Waals surface area contributed by atoms with Gasteiger partial charge in [0.2, 0.25) is 15.2 Å². The van der Waals surface area contributed by atoms with Crippen molar-refractivity contribution in [2.75, 3.05) is 16.3 Å². The third-order valence-corrected chi connectivity index (χ3v) is 6.18. The molecule has 0 amide bonds. The SMILES string of the molecule is CC(Sc1nnc(Nc2ccccc2)s1)C(=O)c1ccc(NS(C)(=O)=O)cc1. The lowest BCUT2D eigenvalue weighted by molar-refractivity contribution is 0.0994. The average Bonchev–Trinajstić information content (AvgIpc) is 3.08. The van der Waals surface area contributed by atoms with E-state index in [1.54, 1.807) is 31.2 Å². The molecule has 1 atom stereocenters. The summed E-state index contributed by atoms with van der Waals surface area (Å²) in [4.78, 5) is 12.6. The second kappa shape index (κ2) is 8.72. The second-order valence-corrected chi connectivity index (χ2v) is 10.3. The van der Waals surface area contributed by atoms with Gasteiger partial charge in [-0.1, -0.05) is 41.3 Å². The maximum absolute atomic E-state index is 12.6. The molecule has 0 fully saturated rings. The summed E-state index contributed by atoms with van der Waals surface area (Å²) >= 11 is 2.71. The van der Waals surface area contributed by atoms with Gasteiger partial charge in [-0.15, -0.1) is 10.2 Å². The zero-order valence-corrected chi connectivity index (χ0v) is 17.6. The number of benzene rings is 2. The quantitative estimate of drug-likeness (QED) is 0.408. The number of carbonyl (C=O) groups is 1. The number of hydrogen-bond donors (Lipinski definition) is 2. The summed E-state index contributed by atoms with van der Waals surface area (Å²) < 4.78 is 25.6. The number of anilines is 3. The Morgan fingerprint density at radius 2 is 1.71 bits per heavy atom. The highest BCUT2D eigenvalue weighted by Gasteiger charge is 2.19. The molecule has 0 aliphatic rings. The van der Waals surface area contributed by atoms with Crippen molar-refractivity contribution in [3.8, 4) is 0 Å². The molecule has 0 spiro atoms. The Labute approximate surface area is 171 Å². The fraction of sp³-hybridized carbons (Fsp3) is 0.167. The van der Waals surface area contributed by atoms with Crippen molar-refractivity contribution in [3.63, 3.8) is 0 Å². The molecule has 0 saturated heterocycles. The van der Waals surface area contributed by atoms with Crippen LogP contribution in [0.15, 0.2) is 58.9 Å². The van der Waals surface area contributed by atoms with Gasteiger partial charge in [0, 0.05) is 16.9 Å². The van der Waals surface area contributed by atoms with Crippen molar-refractivity contribution < 1.29 is 13.2 Å². The number of thioether (sulfide) groups is 1. The molecule has 7 nitrogen and oxygen atoms in total. The fourth-order valence-electron chi connectivity index (χ4n) is 2.31. The Kier molecular flexibility index (Phi) is 6.32. The first kappa shape index (κ1) is 20.3. The van der Waals surface area contributed by atoms with Crippen LogP contribution < -0.4 is 10.0 Å². The molecule has 3 rings (SSSR count). The van der Waals surface area contributed by atoms with Crippen molar-refractivity contribution in [2.24, 2.45) is 0 Å². The number of sulfonamides is 1. The molecular weight excluding hydrogens is 416 g/mol. The van der Waals surface area contributed by atoms with Gasteiger partial charge in [-0.2, -0.15) is 0 Å². The van der Waals surface area contributed by atoms with Crippen LogP contribution in [0.4, 0.5) is 16.5 Å². The maximum atomic E-state index is 12.6. The number of nitrogens with one attached hydrogen (secondary N) is 2. The number of aromatic nitrogens is 2. The van der Waals surface area contributed by atoms with Crippen LogP contribution in [0, 0.1) is 0 Å². The first-order valence-corrected chi connectivity index (χ1v) is 11.8. The Bertz CT molecular complexity index is 1050. The van der Waals surface area contributed by atoms with Crippen LogP contribution in [-0.4, -0.2) is 35.9 Å². The van der Waals surface area contributed by atoms with E-state index >= 15 is 0 Å². The lowest BCUT2D eigenvalue weighted by Gasteiger charge is -2.09. The monoisotopic (exact) mass is 434 g/mol. The van der Waals surface area contributed by atoms with Crippen molar-refractivity contribution in [1.29, 1.82) is 0 Å². The summed E-state index contributed by atoms with van der Waals surface area (Å²) in [6.45, 7) is 1.81. The maximum Gasteiger partial charge on any atom is 0.229 e. The molecule has 1 aromatic heterocycles. The largest absolute Gasteiger partial charge is 0.330 e. The molecule has 2 aromatic carbocycles. The summed E-state index contributed by atoms with van der Waals surface area (Å²) in [6.07, 6.45) is 1.08. The minimum absolute atomic E-state index is 0.0660. The Balaban J connectivity index is 1.61. The predicted molar refractivity (Wildman–Crippen MR) is 114 cm³/mol. The summed E-state index contributed by atoms with van der Waals surface area (Å²) in [5.74, 6) is -0.0660. The molecule has 10 heteroatoms. The van der Waals surface area contributed by atoms with Crippen LogP contribution in [0.5, 0.6) is 0 Å². The number of nitrogens with zero attached hydrogens (tertiary/aromatic N) is 2. The van der Waals surface area contributed by atoms with Gasteiger partial charge in [0.25, 0.3) is 0 Å². The van der Waals surface area contributed by atoms with Gasteiger partial charge in [-0.05, 0) is 43.3 Å². The second-order valence-electron chi connectivity index (χ2n) is 5.94. The number of carbonyl (C=O) groups excluding carboxylic acids is 1. The van der Waals surface area contributed by atoms with Crippen LogP contribution >= 0.6 is 23.1 Å². The molecular formula is C18H18N4O3S3. The van der Waals surface area contributed by atoms with Gasteiger partial charge in [-0.25, -0.2) is 8.42 Å². The van der Waals surface area contributed by atoms with E-state index in [1.165, 1.54) is 23.1 Å². The molecule has 1 heterocycles. The number of hydrogen-bond acceptors (Lipinski definition) is 8. The molecule has 146 valence electrons. The van der Waals surface area contributed by atoms with E-state index in [0.29, 0.717) is 20.7 Å². The normalized spacial score (nSPS) is 12.4. The van der Waals surface area contributed by atoms with Gasteiger partial charge < -0.3 is 5.32 Å². The number of para-hydroxylation sites is 1. The van der Waals surface area contributed by atoms with E-state index in [4.69, 9.17) is 0 Å². The summed E-state index contributed by atoms with van der Waals surface area (Å²) in [5, 5.41) is 11.7. The first-order chi connectivity index (χ1) is 13.3. The van der Waals surface area contributed by atoms with Gasteiger partial charge in [-0.3, -0.25) is 9.52 Å². The van der Waals surface area contributed by atoms with Gasteiger partial charge in [0.1, 0.15) is 0 Å². The van der Waals surface area contributed by atoms with E-state index in [9.17, 15) is 13.2 Å². The Morgan fingerprint density at radius 1 is 1.04 bits per heavy atom. The number of Topliss-reactive ketones (excluding diaryl/α,β-unsaturated/α-hetero) is 1. The third kappa shape index (κ3) is 5.78. The molecule has 28 heavy (non-hydrogen) atoms. The number of rotatable bonds is 8. The van der Waals surface area contributed by atoms with E-state index in [1.807, 2.05) is 30.3 Å². The molecule has 0 aliphatic heterocycles. The van der Waals surface area contributed by atoms with Gasteiger partial charge in [0.15, 0.2) is 10.1 Å². The highest BCUT2D eigenvalue weighted by molar-refractivity contribution is 8.02. The molecule has 1 unspecified atom stereocenters. The summed E-state index contributed by atoms with van der Waals surface area (Å²) in [6, 6.07) is 16.0. The van der Waals surface area contributed by atoms with Crippen LogP contribution in [0.2, 0.25) is 0 Å². The van der Waals surface area contributed by atoms with Crippen LogP contribution in [-0.2, 0) is 10.0 Å². The molecule has 2 N–H and O–H groups in total. The van der Waals surface area contributed by atoms with E-state index in [0.717, 1.165) is 11.9 Å². The van der Waals surface area contributed by atoms with Crippen molar-refractivity contribution in [3.05, 3.63) is 60.2 Å². The smallest absolute Gasteiger partial charge is 0.229 e. The minimum Gasteiger partial charge on any atom is -0.330 e. The Hall–Kier alpha value is -2.43. The Morgan fingerprint density at radius 3 is 2.36 bits per heavy atom. The van der Waals surface area contributed by atoms with Crippen LogP contribution in [0.3, 0.4) is 0 Å². The summed E-state index contributed by atoms with van der Waals surface area (Å²) in [7, 11) is -3.35. The van der Waals surface area contributed by atoms with Crippen molar-refractivity contribution in [2.45, 2.75) is 16.5 Å². The highest BCUT2D eigenvalue weighted by atomic mass is 32.2. The van der Waals surface area contributed by atoms with Crippen LogP contribution in [0.25, 0.3) is 0 Å². The van der Waals surface area contributed by atoms with E-state index in [2.05, 4.69) is 20.2 Å². The molecule has 0 bridgehead atoms. The first-order valence-electron chi connectivity index (χ1n) is 8.24. The minimum atomic E-state index is -3.35. The molecule has 0 saturated carbocycles. The fourth-order valence-corrected chi connectivity index (χ4v) is 4.87. The molecule has 0 radical (unpaired) electrons. The standard InChI is InChI=1S/C18H18N4O3S3/c1-12(16(23)13-8-10-15(11-9-13)22-28(2,24)25)26-18-21-20-17(27-18)19-14-6-4-3-5-7-14/h3-12,22H,1-2H3,(H,19,20). The van der Waals surface area contributed by atoms with E-state index in [-0.39, 0.29) is 11.0 Å². The zero-order chi connectivity index (χ0) is 20.1.